The number of nitrogens with one attached hydrogen (secondary N) is 1. The van der Waals surface area contributed by atoms with E-state index in [-0.39, 0.29) is 12.3 Å². The van der Waals surface area contributed by atoms with Crippen LogP contribution in [0.4, 0.5) is 15.9 Å². The number of ether oxygens (including phenoxy) is 1. The van der Waals surface area contributed by atoms with Crippen LogP contribution in [-0.2, 0) is 11.3 Å². The van der Waals surface area contributed by atoms with Crippen LogP contribution in [0.25, 0.3) is 22.3 Å². The maximum absolute atomic E-state index is 13.5. The first-order valence-electron chi connectivity index (χ1n) is 11.8. The van der Waals surface area contributed by atoms with Crippen molar-refractivity contribution in [2.75, 3.05) is 23.9 Å². The second-order valence-corrected chi connectivity index (χ2v) is 8.43. The fraction of sp³-hybridized carbons (Fsp3) is 0.138. The van der Waals surface area contributed by atoms with Crippen LogP contribution in [0.15, 0.2) is 95.6 Å². The molecule has 0 bridgehead atoms. The number of methoxy groups -OCH3 is 1. The summed E-state index contributed by atoms with van der Waals surface area (Å²) in [4.78, 5) is 24.5. The predicted octanol–water partition coefficient (Wildman–Crippen LogP) is 6.07. The Balaban J connectivity index is 1.48. The van der Waals surface area contributed by atoms with Crippen LogP contribution >= 0.6 is 0 Å². The van der Waals surface area contributed by atoms with Gasteiger partial charge in [0.15, 0.2) is 5.82 Å². The Labute approximate surface area is 213 Å². The fourth-order valence-electron chi connectivity index (χ4n) is 4.05. The van der Waals surface area contributed by atoms with Gasteiger partial charge >= 0.3 is 0 Å². The van der Waals surface area contributed by atoms with E-state index in [0.717, 1.165) is 28.0 Å². The smallest absolute Gasteiger partial charge is 0.226 e. The summed E-state index contributed by atoms with van der Waals surface area (Å²) in [5.41, 5.74) is 2.04. The third-order valence-corrected chi connectivity index (χ3v) is 5.87. The van der Waals surface area contributed by atoms with E-state index in [9.17, 15) is 9.18 Å². The van der Waals surface area contributed by atoms with Crippen LogP contribution < -0.4 is 15.0 Å². The van der Waals surface area contributed by atoms with Gasteiger partial charge in [0.2, 0.25) is 5.91 Å². The molecule has 37 heavy (non-hydrogen) atoms. The molecule has 0 radical (unpaired) electrons. The zero-order valence-electron chi connectivity index (χ0n) is 20.2. The minimum Gasteiger partial charge on any atom is -0.497 e. The Morgan fingerprint density at radius 1 is 1.00 bits per heavy atom. The van der Waals surface area contributed by atoms with Crippen molar-refractivity contribution in [3.05, 3.63) is 103 Å². The standard InChI is InChI=1S/C29H25FN4O3/c1-36-23-13-11-20(12-14-23)28-32-26-10-3-2-9-25(26)29(33-28)34(19-24-8-5-17-37-24)16-15-27(35)31-22-7-4-6-21(30)18-22/h2-14,17-18H,15-16,19H2,1H3,(H,31,35). The van der Waals surface area contributed by atoms with E-state index in [1.54, 1.807) is 25.5 Å². The molecular formula is C29H25FN4O3. The molecule has 5 rings (SSSR count). The lowest BCUT2D eigenvalue weighted by molar-refractivity contribution is -0.116. The number of rotatable bonds is 9. The second kappa shape index (κ2) is 10.9. The molecule has 8 heteroatoms. The average molecular weight is 497 g/mol. The molecule has 186 valence electrons. The number of hydrogen-bond donors (Lipinski definition) is 1. The van der Waals surface area contributed by atoms with Crippen LogP contribution in [0, 0.1) is 5.82 Å². The van der Waals surface area contributed by atoms with Gasteiger partial charge in [-0.2, -0.15) is 0 Å². The van der Waals surface area contributed by atoms with Gasteiger partial charge < -0.3 is 19.4 Å². The molecule has 0 atom stereocenters. The predicted molar refractivity (Wildman–Crippen MR) is 141 cm³/mol. The number of nitrogens with zero attached hydrogens (tertiary/aromatic N) is 3. The monoisotopic (exact) mass is 496 g/mol. The molecule has 1 amide bonds. The maximum atomic E-state index is 13.5. The maximum Gasteiger partial charge on any atom is 0.226 e. The number of carbonyl (C=O) groups is 1. The van der Waals surface area contributed by atoms with Gasteiger partial charge in [-0.1, -0.05) is 18.2 Å². The molecule has 2 aromatic heterocycles. The third kappa shape index (κ3) is 5.75. The first kappa shape index (κ1) is 24.0. The fourth-order valence-corrected chi connectivity index (χ4v) is 4.05. The summed E-state index contributed by atoms with van der Waals surface area (Å²) in [7, 11) is 1.62. The molecule has 0 aliphatic heterocycles. The number of fused-ring (bicyclic) bond motifs is 1. The van der Waals surface area contributed by atoms with E-state index in [4.69, 9.17) is 19.1 Å². The number of hydrogen-bond acceptors (Lipinski definition) is 6. The second-order valence-electron chi connectivity index (χ2n) is 8.43. The number of furan rings is 1. The molecule has 0 saturated carbocycles. The molecule has 5 aromatic rings. The van der Waals surface area contributed by atoms with Crippen molar-refractivity contribution >= 4 is 28.3 Å². The molecule has 0 spiro atoms. The zero-order valence-corrected chi connectivity index (χ0v) is 20.2. The number of para-hydroxylation sites is 1. The average Bonchev–Trinajstić information content (AvgIpc) is 3.44. The number of aromatic nitrogens is 2. The van der Waals surface area contributed by atoms with Crippen LogP contribution in [0.3, 0.4) is 0 Å². The lowest BCUT2D eigenvalue weighted by atomic mass is 10.1. The van der Waals surface area contributed by atoms with Gasteiger partial charge in [-0.15, -0.1) is 0 Å². The first-order chi connectivity index (χ1) is 18.1. The summed E-state index contributed by atoms with van der Waals surface area (Å²) in [6.45, 7) is 0.758. The summed E-state index contributed by atoms with van der Waals surface area (Å²) in [5, 5.41) is 3.62. The minimum atomic E-state index is -0.407. The molecule has 0 aliphatic rings. The van der Waals surface area contributed by atoms with Crippen molar-refractivity contribution in [2.45, 2.75) is 13.0 Å². The number of anilines is 2. The molecule has 0 unspecified atom stereocenters. The summed E-state index contributed by atoms with van der Waals surface area (Å²) in [5.74, 6) is 2.09. The quantitative estimate of drug-likeness (QED) is 0.267. The molecule has 0 fully saturated rings. The van der Waals surface area contributed by atoms with E-state index in [0.29, 0.717) is 30.4 Å². The van der Waals surface area contributed by atoms with E-state index in [2.05, 4.69) is 5.32 Å². The molecule has 7 nitrogen and oxygen atoms in total. The van der Waals surface area contributed by atoms with Gasteiger partial charge in [0.1, 0.15) is 23.1 Å². The van der Waals surface area contributed by atoms with Gasteiger partial charge in [-0.25, -0.2) is 14.4 Å². The van der Waals surface area contributed by atoms with Gasteiger partial charge in [-0.3, -0.25) is 4.79 Å². The highest BCUT2D eigenvalue weighted by atomic mass is 19.1. The Hall–Kier alpha value is -4.72. The van der Waals surface area contributed by atoms with Crippen LogP contribution in [0.5, 0.6) is 5.75 Å². The van der Waals surface area contributed by atoms with Crippen LogP contribution in [0.1, 0.15) is 12.2 Å². The van der Waals surface area contributed by atoms with Gasteiger partial charge in [-0.05, 0) is 66.7 Å². The Morgan fingerprint density at radius 2 is 1.84 bits per heavy atom. The number of carbonyl (C=O) groups excluding carboxylic acids is 1. The Bertz CT molecular complexity index is 1500. The van der Waals surface area contributed by atoms with Crippen molar-refractivity contribution < 1.29 is 18.3 Å². The number of halogens is 1. The van der Waals surface area contributed by atoms with Gasteiger partial charge in [0.05, 0.1) is 25.4 Å². The SMILES string of the molecule is COc1ccc(-c2nc(N(CCC(=O)Nc3cccc(F)c3)Cc3ccco3)c3ccccc3n2)cc1. The Morgan fingerprint density at radius 3 is 2.59 bits per heavy atom. The molecular weight excluding hydrogens is 471 g/mol. The van der Waals surface area contributed by atoms with E-state index in [1.807, 2.05) is 65.6 Å². The highest BCUT2D eigenvalue weighted by Gasteiger charge is 2.18. The van der Waals surface area contributed by atoms with E-state index >= 15 is 0 Å². The number of amides is 1. The zero-order chi connectivity index (χ0) is 25.6. The van der Waals surface area contributed by atoms with E-state index in [1.165, 1.54) is 12.1 Å². The molecule has 0 saturated heterocycles. The Kier molecular flexibility index (Phi) is 7.07. The van der Waals surface area contributed by atoms with Crippen LogP contribution in [-0.4, -0.2) is 29.5 Å². The summed E-state index contributed by atoms with van der Waals surface area (Å²) >= 11 is 0. The minimum absolute atomic E-state index is 0.160. The van der Waals surface area contributed by atoms with Gasteiger partial charge in [0, 0.05) is 29.6 Å². The van der Waals surface area contributed by atoms with Crippen LogP contribution in [0.2, 0.25) is 0 Å². The van der Waals surface area contributed by atoms with Crippen molar-refractivity contribution in [1.82, 2.24) is 9.97 Å². The van der Waals surface area contributed by atoms with Crippen molar-refractivity contribution in [3.8, 4) is 17.1 Å². The highest BCUT2D eigenvalue weighted by Crippen LogP contribution is 2.29. The molecule has 0 aliphatic carbocycles. The normalized spacial score (nSPS) is 10.9. The largest absolute Gasteiger partial charge is 0.497 e. The molecule has 2 heterocycles. The molecule has 1 N–H and O–H groups in total. The lowest BCUT2D eigenvalue weighted by Crippen LogP contribution is -2.28. The summed E-state index contributed by atoms with van der Waals surface area (Å²) < 4.78 is 24.4. The summed E-state index contributed by atoms with van der Waals surface area (Å²) in [6, 6.07) is 24.9. The first-order valence-corrected chi connectivity index (χ1v) is 11.8. The topological polar surface area (TPSA) is 80.5 Å². The molecule has 3 aromatic carbocycles. The lowest BCUT2D eigenvalue weighted by Gasteiger charge is -2.24. The van der Waals surface area contributed by atoms with Crippen molar-refractivity contribution in [2.24, 2.45) is 0 Å². The third-order valence-electron chi connectivity index (χ3n) is 5.87. The number of benzene rings is 3. The van der Waals surface area contributed by atoms with Crippen molar-refractivity contribution in [3.63, 3.8) is 0 Å². The van der Waals surface area contributed by atoms with Gasteiger partial charge in [0.25, 0.3) is 0 Å². The summed E-state index contributed by atoms with van der Waals surface area (Å²) in [6.07, 6.45) is 1.78. The highest BCUT2D eigenvalue weighted by molar-refractivity contribution is 5.93. The van der Waals surface area contributed by atoms with Crippen molar-refractivity contribution in [1.29, 1.82) is 0 Å². The van der Waals surface area contributed by atoms with E-state index < -0.39 is 5.82 Å².